The van der Waals surface area contributed by atoms with E-state index in [0.29, 0.717) is 0 Å². The maximum atomic E-state index is 11.8. The third-order valence-electron chi connectivity index (χ3n) is 2.07. The molecule has 1 aromatic carbocycles. The summed E-state index contributed by atoms with van der Waals surface area (Å²) in [7, 11) is 0. The fourth-order valence-corrected chi connectivity index (χ4v) is 2.25. The number of hydrogen-bond acceptors (Lipinski definition) is 4. The van der Waals surface area contributed by atoms with Crippen LogP contribution in [0.3, 0.4) is 0 Å². The normalized spacial score (nSPS) is 10.3. The van der Waals surface area contributed by atoms with Gasteiger partial charge >= 0.3 is 0 Å². The van der Waals surface area contributed by atoms with Gasteiger partial charge in [0.1, 0.15) is 0 Å². The number of aryl methyl sites for hydroxylation is 2. The van der Waals surface area contributed by atoms with Crippen molar-refractivity contribution in [1.29, 1.82) is 0 Å². The molecule has 1 aromatic heterocycles. The largest absolute Gasteiger partial charge is 0.320 e. The maximum Gasteiger partial charge on any atom is 0.286 e. The Balaban J connectivity index is 2.18. The fourth-order valence-electron chi connectivity index (χ4n) is 1.53. The van der Waals surface area contributed by atoms with Crippen LogP contribution in [0, 0.1) is 13.8 Å². The van der Waals surface area contributed by atoms with Gasteiger partial charge in [0.05, 0.1) is 0 Å². The van der Waals surface area contributed by atoms with E-state index in [1.54, 1.807) is 0 Å². The minimum absolute atomic E-state index is 0.258. The summed E-state index contributed by atoms with van der Waals surface area (Å²) in [5.41, 5.74) is 2.94. The standard InChI is InChI=1S/C11H10ClN3OS/c1-6-3-7(2)5-8(4-6)13-9(16)10-14-15-11(12)17-10/h3-5H,1-2H3,(H,13,16). The van der Waals surface area contributed by atoms with Gasteiger partial charge in [-0.25, -0.2) is 0 Å². The Morgan fingerprint density at radius 3 is 2.41 bits per heavy atom. The number of hydrogen-bond donors (Lipinski definition) is 1. The van der Waals surface area contributed by atoms with Crippen molar-refractivity contribution in [3.8, 4) is 0 Å². The van der Waals surface area contributed by atoms with Gasteiger partial charge in [-0.3, -0.25) is 4.79 Å². The van der Waals surface area contributed by atoms with Gasteiger partial charge in [0.25, 0.3) is 5.91 Å². The van der Waals surface area contributed by atoms with Crippen LogP contribution in [0.4, 0.5) is 5.69 Å². The van der Waals surface area contributed by atoms with E-state index in [-0.39, 0.29) is 15.4 Å². The van der Waals surface area contributed by atoms with Gasteiger partial charge < -0.3 is 5.32 Å². The van der Waals surface area contributed by atoms with Gasteiger partial charge in [0.15, 0.2) is 0 Å². The first-order valence-corrected chi connectivity index (χ1v) is 6.13. The fraction of sp³-hybridized carbons (Fsp3) is 0.182. The summed E-state index contributed by atoms with van der Waals surface area (Å²) in [6.07, 6.45) is 0. The highest BCUT2D eigenvalue weighted by atomic mass is 35.5. The molecule has 0 radical (unpaired) electrons. The Morgan fingerprint density at radius 1 is 1.24 bits per heavy atom. The number of nitrogens with zero attached hydrogens (tertiary/aromatic N) is 2. The summed E-state index contributed by atoms with van der Waals surface area (Å²) < 4.78 is 0.260. The van der Waals surface area contributed by atoms with Crippen LogP contribution in [0.5, 0.6) is 0 Å². The average molecular weight is 268 g/mol. The quantitative estimate of drug-likeness (QED) is 0.910. The van der Waals surface area contributed by atoms with Crippen LogP contribution in [0.15, 0.2) is 18.2 Å². The summed E-state index contributed by atoms with van der Waals surface area (Å²) in [6, 6.07) is 5.83. The lowest BCUT2D eigenvalue weighted by atomic mass is 10.1. The predicted molar refractivity (Wildman–Crippen MR) is 68.8 cm³/mol. The van der Waals surface area contributed by atoms with E-state index >= 15 is 0 Å². The van der Waals surface area contributed by atoms with E-state index < -0.39 is 0 Å². The molecule has 2 aromatic rings. The average Bonchev–Trinajstić information content (AvgIpc) is 2.63. The third kappa shape index (κ3) is 3.01. The lowest BCUT2D eigenvalue weighted by molar-refractivity contribution is 0.102. The highest BCUT2D eigenvalue weighted by Crippen LogP contribution is 2.18. The molecule has 17 heavy (non-hydrogen) atoms. The second kappa shape index (κ2) is 4.81. The highest BCUT2D eigenvalue weighted by molar-refractivity contribution is 7.17. The smallest absolute Gasteiger partial charge is 0.286 e. The van der Waals surface area contributed by atoms with Crippen LogP contribution in [0.1, 0.15) is 20.9 Å². The van der Waals surface area contributed by atoms with E-state index in [9.17, 15) is 4.79 Å². The highest BCUT2D eigenvalue weighted by Gasteiger charge is 2.12. The Labute approximate surface area is 108 Å². The van der Waals surface area contributed by atoms with Gasteiger partial charge in [-0.2, -0.15) is 0 Å². The zero-order valence-electron chi connectivity index (χ0n) is 9.32. The molecular formula is C11H10ClN3OS. The number of rotatable bonds is 2. The molecular weight excluding hydrogens is 258 g/mol. The van der Waals surface area contributed by atoms with E-state index in [4.69, 9.17) is 11.6 Å². The number of carbonyl (C=O) groups excluding carboxylic acids is 1. The summed E-state index contributed by atoms with van der Waals surface area (Å²) in [5.74, 6) is -0.292. The number of nitrogens with one attached hydrogen (secondary N) is 1. The second-order valence-corrected chi connectivity index (χ2v) is 5.25. The van der Waals surface area contributed by atoms with Gasteiger partial charge in [-0.05, 0) is 48.7 Å². The molecule has 0 fully saturated rings. The number of anilines is 1. The molecule has 0 aliphatic heterocycles. The van der Waals surface area contributed by atoms with Crippen molar-refractivity contribution in [1.82, 2.24) is 10.2 Å². The maximum absolute atomic E-state index is 11.8. The first-order valence-electron chi connectivity index (χ1n) is 4.93. The molecule has 0 aliphatic rings. The molecule has 0 aliphatic carbocycles. The number of carbonyl (C=O) groups is 1. The van der Waals surface area contributed by atoms with E-state index in [2.05, 4.69) is 15.5 Å². The van der Waals surface area contributed by atoms with Gasteiger partial charge in [0.2, 0.25) is 9.47 Å². The lowest BCUT2D eigenvalue weighted by Crippen LogP contribution is -2.11. The molecule has 0 saturated heterocycles. The lowest BCUT2D eigenvalue weighted by Gasteiger charge is -2.05. The van der Waals surface area contributed by atoms with Crippen LogP contribution in [-0.2, 0) is 0 Å². The third-order valence-corrected chi connectivity index (χ3v) is 3.09. The van der Waals surface area contributed by atoms with Gasteiger partial charge in [-0.1, -0.05) is 17.4 Å². The number of amides is 1. The van der Waals surface area contributed by atoms with Crippen LogP contribution in [-0.4, -0.2) is 16.1 Å². The molecule has 0 spiro atoms. The molecule has 6 heteroatoms. The van der Waals surface area contributed by atoms with Crippen LogP contribution in [0.2, 0.25) is 4.47 Å². The van der Waals surface area contributed by atoms with Crippen molar-refractivity contribution in [2.24, 2.45) is 0 Å². The minimum Gasteiger partial charge on any atom is -0.320 e. The topological polar surface area (TPSA) is 54.9 Å². The van der Waals surface area contributed by atoms with Crippen LogP contribution in [0.25, 0.3) is 0 Å². The summed E-state index contributed by atoms with van der Waals surface area (Å²) >= 11 is 6.68. The van der Waals surface area contributed by atoms with Crippen molar-refractivity contribution in [3.05, 3.63) is 38.8 Å². The molecule has 0 unspecified atom stereocenters. The van der Waals surface area contributed by atoms with Crippen molar-refractivity contribution in [3.63, 3.8) is 0 Å². The Hall–Kier alpha value is -1.46. The number of aromatic nitrogens is 2. The predicted octanol–water partition coefficient (Wildman–Crippen LogP) is 3.06. The first kappa shape index (κ1) is 12.0. The van der Waals surface area contributed by atoms with Crippen LogP contribution < -0.4 is 5.32 Å². The van der Waals surface area contributed by atoms with Crippen molar-refractivity contribution >= 4 is 34.5 Å². The summed E-state index contributed by atoms with van der Waals surface area (Å²) in [4.78, 5) is 11.8. The zero-order valence-corrected chi connectivity index (χ0v) is 10.9. The van der Waals surface area contributed by atoms with Crippen molar-refractivity contribution in [2.45, 2.75) is 13.8 Å². The minimum atomic E-state index is -0.292. The van der Waals surface area contributed by atoms with E-state index in [1.165, 1.54) is 0 Å². The molecule has 0 saturated carbocycles. The van der Waals surface area contributed by atoms with Crippen molar-refractivity contribution in [2.75, 3.05) is 5.32 Å². The Morgan fingerprint density at radius 2 is 1.88 bits per heavy atom. The van der Waals surface area contributed by atoms with E-state index in [0.717, 1.165) is 28.2 Å². The van der Waals surface area contributed by atoms with Gasteiger partial charge in [-0.15, -0.1) is 10.2 Å². The molecule has 1 heterocycles. The SMILES string of the molecule is Cc1cc(C)cc(NC(=O)c2nnc(Cl)s2)c1. The van der Waals surface area contributed by atoms with Gasteiger partial charge in [0, 0.05) is 5.69 Å². The molecule has 88 valence electrons. The Bertz CT molecular complexity index is 547. The summed E-state index contributed by atoms with van der Waals surface area (Å²) in [6.45, 7) is 3.95. The van der Waals surface area contributed by atoms with E-state index in [1.807, 2.05) is 32.0 Å². The molecule has 4 nitrogen and oxygen atoms in total. The molecule has 1 N–H and O–H groups in total. The first-order chi connectivity index (χ1) is 8.04. The number of benzene rings is 1. The van der Waals surface area contributed by atoms with Crippen LogP contribution >= 0.6 is 22.9 Å². The molecule has 2 rings (SSSR count). The monoisotopic (exact) mass is 267 g/mol. The van der Waals surface area contributed by atoms with Crippen molar-refractivity contribution < 1.29 is 4.79 Å². The molecule has 1 amide bonds. The summed E-state index contributed by atoms with van der Waals surface area (Å²) in [5, 5.41) is 10.3. The zero-order chi connectivity index (χ0) is 12.4. The molecule has 0 atom stereocenters. The Kier molecular flexibility index (Phi) is 3.40. The second-order valence-electron chi connectivity index (χ2n) is 3.69. The molecule has 0 bridgehead atoms. The number of halogens is 1.